The van der Waals surface area contributed by atoms with E-state index >= 15 is 0 Å². The van der Waals surface area contributed by atoms with Gasteiger partial charge in [0.15, 0.2) is 11.5 Å². The molecule has 2 rings (SSSR count). The number of nitrogens with two attached hydrogens (primary N) is 1. The first kappa shape index (κ1) is 14.0. The number of carbonyl (C=O) groups excluding carboxylic acids is 1. The lowest BCUT2D eigenvalue weighted by molar-refractivity contribution is 0.0697. The molecule has 1 saturated heterocycles. The Bertz CT molecular complexity index is 544. The Kier molecular flexibility index (Phi) is 3.97. The van der Waals surface area contributed by atoms with Crippen molar-refractivity contribution in [1.82, 2.24) is 4.90 Å². The highest BCUT2D eigenvalue weighted by molar-refractivity contribution is 5.98. The summed E-state index contributed by atoms with van der Waals surface area (Å²) in [5.41, 5.74) is 5.62. The number of oxime groups is 1. The largest absolute Gasteiger partial charge is 0.504 e. The Morgan fingerprint density at radius 1 is 1.40 bits per heavy atom. The number of amidine groups is 1. The first-order valence-corrected chi connectivity index (χ1v) is 6.32. The Labute approximate surface area is 115 Å². The molecule has 0 aromatic heterocycles. The van der Waals surface area contributed by atoms with E-state index in [1.165, 1.54) is 23.1 Å². The van der Waals surface area contributed by atoms with E-state index in [1.54, 1.807) is 0 Å². The van der Waals surface area contributed by atoms with Crippen molar-refractivity contribution in [2.24, 2.45) is 16.8 Å². The molecule has 0 aliphatic carbocycles. The Balaban J connectivity index is 2.19. The zero-order valence-electron chi connectivity index (χ0n) is 10.9. The SMILES string of the molecule is N/C(=N/O)C1CCCN(C(=O)c2cccc(O)c2O)C1. The number of benzene rings is 1. The van der Waals surface area contributed by atoms with Gasteiger partial charge in [0.2, 0.25) is 0 Å². The van der Waals surface area contributed by atoms with Crippen LogP contribution >= 0.6 is 0 Å². The van der Waals surface area contributed by atoms with E-state index in [0.29, 0.717) is 13.1 Å². The summed E-state index contributed by atoms with van der Waals surface area (Å²) < 4.78 is 0. The molecule has 1 aliphatic heterocycles. The summed E-state index contributed by atoms with van der Waals surface area (Å²) in [4.78, 5) is 13.9. The van der Waals surface area contributed by atoms with Crippen LogP contribution in [0.3, 0.4) is 0 Å². The van der Waals surface area contributed by atoms with Gasteiger partial charge in [-0.15, -0.1) is 0 Å². The highest BCUT2D eigenvalue weighted by Gasteiger charge is 2.28. The third-order valence-electron chi connectivity index (χ3n) is 3.49. The molecule has 0 bridgehead atoms. The van der Waals surface area contributed by atoms with Crippen molar-refractivity contribution in [2.75, 3.05) is 13.1 Å². The van der Waals surface area contributed by atoms with Gasteiger partial charge in [0.25, 0.3) is 5.91 Å². The molecule has 1 amide bonds. The van der Waals surface area contributed by atoms with Gasteiger partial charge in [-0.3, -0.25) is 4.79 Å². The number of nitrogens with zero attached hydrogens (tertiary/aromatic N) is 2. The third kappa shape index (κ3) is 2.61. The van der Waals surface area contributed by atoms with Crippen molar-refractivity contribution in [3.8, 4) is 11.5 Å². The fraction of sp³-hybridized carbons (Fsp3) is 0.385. The number of piperidine rings is 1. The molecule has 0 radical (unpaired) electrons. The van der Waals surface area contributed by atoms with Gasteiger partial charge in [-0.05, 0) is 25.0 Å². The zero-order chi connectivity index (χ0) is 14.7. The van der Waals surface area contributed by atoms with Crippen LogP contribution in [0.25, 0.3) is 0 Å². The van der Waals surface area contributed by atoms with E-state index < -0.39 is 5.75 Å². The van der Waals surface area contributed by atoms with Crippen molar-refractivity contribution < 1.29 is 20.2 Å². The zero-order valence-corrected chi connectivity index (χ0v) is 10.9. The van der Waals surface area contributed by atoms with E-state index in [0.717, 1.165) is 12.8 Å². The lowest BCUT2D eigenvalue weighted by atomic mass is 9.96. The molecule has 108 valence electrons. The molecule has 1 aromatic carbocycles. The van der Waals surface area contributed by atoms with Gasteiger partial charge in [-0.1, -0.05) is 11.2 Å². The molecule has 0 saturated carbocycles. The average Bonchev–Trinajstić information content (AvgIpc) is 2.48. The Morgan fingerprint density at radius 3 is 2.85 bits per heavy atom. The van der Waals surface area contributed by atoms with Crippen LogP contribution in [0.5, 0.6) is 11.5 Å². The van der Waals surface area contributed by atoms with E-state index in [-0.39, 0.29) is 29.0 Å². The van der Waals surface area contributed by atoms with Gasteiger partial charge < -0.3 is 26.1 Å². The highest BCUT2D eigenvalue weighted by Crippen LogP contribution is 2.30. The normalized spacial score (nSPS) is 19.9. The smallest absolute Gasteiger partial charge is 0.257 e. The standard InChI is InChI=1S/C13H17N3O4/c14-12(15-20)8-3-2-6-16(7-8)13(19)9-4-1-5-10(17)11(9)18/h1,4-5,8,17-18,20H,2-3,6-7H2,(H2,14,15). The number of carbonyl (C=O) groups is 1. The van der Waals surface area contributed by atoms with Gasteiger partial charge in [-0.2, -0.15) is 0 Å². The molecular weight excluding hydrogens is 262 g/mol. The first-order valence-electron chi connectivity index (χ1n) is 6.32. The number of amides is 1. The van der Waals surface area contributed by atoms with Crippen molar-refractivity contribution in [2.45, 2.75) is 12.8 Å². The highest BCUT2D eigenvalue weighted by atomic mass is 16.4. The topological polar surface area (TPSA) is 119 Å². The van der Waals surface area contributed by atoms with Crippen molar-refractivity contribution in [1.29, 1.82) is 0 Å². The molecule has 1 fully saturated rings. The van der Waals surface area contributed by atoms with Gasteiger partial charge in [-0.25, -0.2) is 0 Å². The number of hydrogen-bond acceptors (Lipinski definition) is 5. The molecular formula is C13H17N3O4. The minimum Gasteiger partial charge on any atom is -0.504 e. The van der Waals surface area contributed by atoms with E-state index in [2.05, 4.69) is 5.16 Å². The minimum absolute atomic E-state index is 0.0464. The maximum Gasteiger partial charge on any atom is 0.257 e. The predicted molar refractivity (Wildman–Crippen MR) is 71.8 cm³/mol. The van der Waals surface area contributed by atoms with Gasteiger partial charge in [0, 0.05) is 19.0 Å². The summed E-state index contributed by atoms with van der Waals surface area (Å²) in [6, 6.07) is 4.25. The Morgan fingerprint density at radius 2 is 2.15 bits per heavy atom. The fourth-order valence-electron chi connectivity index (χ4n) is 2.36. The molecule has 7 nitrogen and oxygen atoms in total. The summed E-state index contributed by atoms with van der Waals surface area (Å²) in [6.45, 7) is 0.854. The molecule has 1 aromatic rings. The average molecular weight is 279 g/mol. The van der Waals surface area contributed by atoms with Crippen molar-refractivity contribution in [3.63, 3.8) is 0 Å². The van der Waals surface area contributed by atoms with Crippen LogP contribution in [0.4, 0.5) is 0 Å². The van der Waals surface area contributed by atoms with Crippen LogP contribution in [0.1, 0.15) is 23.2 Å². The second-order valence-electron chi connectivity index (χ2n) is 4.79. The van der Waals surface area contributed by atoms with Crippen LogP contribution in [0.15, 0.2) is 23.4 Å². The van der Waals surface area contributed by atoms with Gasteiger partial charge >= 0.3 is 0 Å². The van der Waals surface area contributed by atoms with Crippen LogP contribution in [-0.2, 0) is 0 Å². The van der Waals surface area contributed by atoms with E-state index in [9.17, 15) is 15.0 Å². The molecule has 0 spiro atoms. The quantitative estimate of drug-likeness (QED) is 0.209. The molecule has 1 atom stereocenters. The van der Waals surface area contributed by atoms with E-state index in [4.69, 9.17) is 10.9 Å². The lowest BCUT2D eigenvalue weighted by Crippen LogP contribution is -2.44. The molecule has 1 heterocycles. The van der Waals surface area contributed by atoms with Crippen LogP contribution < -0.4 is 5.73 Å². The van der Waals surface area contributed by atoms with Crippen LogP contribution in [0.2, 0.25) is 0 Å². The second-order valence-corrected chi connectivity index (χ2v) is 4.79. The van der Waals surface area contributed by atoms with Crippen molar-refractivity contribution in [3.05, 3.63) is 23.8 Å². The monoisotopic (exact) mass is 279 g/mol. The second kappa shape index (κ2) is 5.68. The van der Waals surface area contributed by atoms with Gasteiger partial charge in [0.1, 0.15) is 5.84 Å². The number of likely N-dealkylation sites (tertiary alicyclic amines) is 1. The summed E-state index contributed by atoms with van der Waals surface area (Å²) in [7, 11) is 0. The number of phenols is 2. The van der Waals surface area contributed by atoms with E-state index in [1.807, 2.05) is 0 Å². The maximum absolute atomic E-state index is 12.3. The molecule has 5 N–H and O–H groups in total. The minimum atomic E-state index is -0.427. The van der Waals surface area contributed by atoms with Crippen LogP contribution in [0, 0.1) is 5.92 Å². The third-order valence-corrected chi connectivity index (χ3v) is 3.49. The fourth-order valence-corrected chi connectivity index (χ4v) is 2.36. The predicted octanol–water partition coefficient (Wildman–Crippen LogP) is 0.696. The summed E-state index contributed by atoms with van der Waals surface area (Å²) in [5.74, 6) is -1.24. The molecule has 1 unspecified atom stereocenters. The molecule has 20 heavy (non-hydrogen) atoms. The number of hydrogen-bond donors (Lipinski definition) is 4. The van der Waals surface area contributed by atoms with Gasteiger partial charge in [0.05, 0.1) is 5.56 Å². The number of rotatable bonds is 2. The molecule has 7 heteroatoms. The number of para-hydroxylation sites is 1. The summed E-state index contributed by atoms with van der Waals surface area (Å²) in [5, 5.41) is 30.8. The Hall–Kier alpha value is -2.44. The molecule has 1 aliphatic rings. The lowest BCUT2D eigenvalue weighted by Gasteiger charge is -2.32. The summed E-state index contributed by atoms with van der Waals surface area (Å²) >= 11 is 0. The summed E-state index contributed by atoms with van der Waals surface area (Å²) in [6.07, 6.45) is 1.47. The number of aromatic hydroxyl groups is 2. The van der Waals surface area contributed by atoms with Crippen molar-refractivity contribution >= 4 is 11.7 Å². The van der Waals surface area contributed by atoms with Crippen LogP contribution in [-0.4, -0.2) is 45.2 Å². The first-order chi connectivity index (χ1) is 9.54. The maximum atomic E-state index is 12.3. The number of phenolic OH excluding ortho intramolecular Hbond substituents is 2.